The number of rotatable bonds is 2. The maximum Gasteiger partial charge on any atom is 0.257 e. The lowest BCUT2D eigenvalue weighted by Gasteiger charge is -2.30. The van der Waals surface area contributed by atoms with Crippen molar-refractivity contribution in [3.8, 4) is 0 Å². The van der Waals surface area contributed by atoms with E-state index in [-0.39, 0.29) is 5.91 Å². The summed E-state index contributed by atoms with van der Waals surface area (Å²) >= 11 is 1.64. The van der Waals surface area contributed by atoms with Crippen LogP contribution in [0.15, 0.2) is 29.2 Å². The van der Waals surface area contributed by atoms with Crippen LogP contribution in [-0.4, -0.2) is 44.4 Å². The first kappa shape index (κ1) is 13.5. The average Bonchev–Trinajstić information content (AvgIpc) is 2.51. The van der Waals surface area contributed by atoms with Crippen LogP contribution in [-0.2, 0) is 4.79 Å². The van der Waals surface area contributed by atoms with Gasteiger partial charge in [0.1, 0.15) is 0 Å². The van der Waals surface area contributed by atoms with E-state index in [0.29, 0.717) is 0 Å². The minimum absolute atomic E-state index is 0.0522. The highest BCUT2D eigenvalue weighted by atomic mass is 32.2. The maximum absolute atomic E-state index is 11.9. The van der Waals surface area contributed by atoms with E-state index in [1.165, 1.54) is 5.69 Å². The van der Waals surface area contributed by atoms with Crippen LogP contribution in [0.2, 0.25) is 0 Å². The molecule has 0 bridgehead atoms. The zero-order valence-electron chi connectivity index (χ0n) is 11.4. The molecule has 5 heteroatoms. The molecule has 2 heterocycles. The van der Waals surface area contributed by atoms with Gasteiger partial charge in [-0.3, -0.25) is 4.79 Å². The third-order valence-electron chi connectivity index (χ3n) is 3.55. The SMILES string of the molecule is O=C1NCCS/C1=C\c1ccccc1N1CCNCC1. The first-order valence-corrected chi connectivity index (χ1v) is 8.00. The van der Waals surface area contributed by atoms with Gasteiger partial charge in [0.2, 0.25) is 0 Å². The standard InChI is InChI=1S/C15H19N3OS/c19-15-14(20-10-7-17-15)11-12-3-1-2-4-13(12)18-8-5-16-6-9-18/h1-4,11,16H,5-10H2,(H,17,19)/b14-11-. The summed E-state index contributed by atoms with van der Waals surface area (Å²) in [6, 6.07) is 8.33. The van der Waals surface area contributed by atoms with Gasteiger partial charge in [-0.1, -0.05) is 18.2 Å². The number of thioether (sulfide) groups is 1. The molecule has 0 radical (unpaired) electrons. The zero-order chi connectivity index (χ0) is 13.8. The number of anilines is 1. The van der Waals surface area contributed by atoms with Gasteiger partial charge in [-0.25, -0.2) is 0 Å². The molecule has 0 unspecified atom stereocenters. The van der Waals surface area contributed by atoms with Crippen molar-refractivity contribution in [2.45, 2.75) is 0 Å². The number of nitrogens with one attached hydrogen (secondary N) is 2. The highest BCUT2D eigenvalue weighted by molar-refractivity contribution is 8.04. The summed E-state index contributed by atoms with van der Waals surface area (Å²) in [6.07, 6.45) is 2.02. The van der Waals surface area contributed by atoms with Gasteiger partial charge in [-0.05, 0) is 17.7 Å². The highest BCUT2D eigenvalue weighted by Crippen LogP contribution is 2.27. The molecule has 0 saturated carbocycles. The van der Waals surface area contributed by atoms with E-state index in [4.69, 9.17) is 0 Å². The smallest absolute Gasteiger partial charge is 0.257 e. The molecule has 1 aromatic carbocycles. The van der Waals surface area contributed by atoms with Gasteiger partial charge in [0.15, 0.2) is 0 Å². The summed E-state index contributed by atoms with van der Waals surface area (Å²) in [5.74, 6) is 1.00. The van der Waals surface area contributed by atoms with Crippen LogP contribution < -0.4 is 15.5 Å². The average molecular weight is 289 g/mol. The zero-order valence-corrected chi connectivity index (χ0v) is 12.2. The van der Waals surface area contributed by atoms with E-state index in [1.54, 1.807) is 11.8 Å². The van der Waals surface area contributed by atoms with Crippen LogP contribution in [0.25, 0.3) is 6.08 Å². The Bertz CT molecular complexity index is 524. The molecule has 1 aromatic rings. The number of para-hydroxylation sites is 1. The lowest BCUT2D eigenvalue weighted by atomic mass is 10.1. The van der Waals surface area contributed by atoms with Crippen molar-refractivity contribution in [3.63, 3.8) is 0 Å². The molecule has 2 saturated heterocycles. The highest BCUT2D eigenvalue weighted by Gasteiger charge is 2.17. The predicted octanol–water partition coefficient (Wildman–Crippen LogP) is 1.30. The van der Waals surface area contributed by atoms with Crippen molar-refractivity contribution in [3.05, 3.63) is 34.7 Å². The third kappa shape index (κ3) is 2.99. The predicted molar refractivity (Wildman–Crippen MR) is 85.0 cm³/mol. The van der Waals surface area contributed by atoms with E-state index in [2.05, 4.69) is 33.7 Å². The Balaban J connectivity index is 1.89. The lowest BCUT2D eigenvalue weighted by molar-refractivity contribution is -0.116. The topological polar surface area (TPSA) is 44.4 Å². The number of hydrogen-bond acceptors (Lipinski definition) is 4. The molecule has 0 atom stereocenters. The normalized spacial score (nSPS) is 21.9. The fourth-order valence-electron chi connectivity index (χ4n) is 2.53. The minimum atomic E-state index is 0.0522. The Morgan fingerprint density at radius 1 is 1.15 bits per heavy atom. The molecule has 20 heavy (non-hydrogen) atoms. The molecule has 106 valence electrons. The van der Waals surface area contributed by atoms with Crippen LogP contribution in [0.3, 0.4) is 0 Å². The maximum atomic E-state index is 11.9. The first-order chi connectivity index (χ1) is 9.84. The summed E-state index contributed by atoms with van der Waals surface area (Å²) in [6.45, 7) is 4.82. The molecule has 2 aliphatic heterocycles. The summed E-state index contributed by atoms with van der Waals surface area (Å²) < 4.78 is 0. The van der Waals surface area contributed by atoms with Crippen molar-refractivity contribution in [1.82, 2.24) is 10.6 Å². The van der Waals surface area contributed by atoms with Crippen molar-refractivity contribution in [2.24, 2.45) is 0 Å². The molecule has 2 N–H and O–H groups in total. The Labute approximate surface area is 123 Å². The molecule has 3 rings (SSSR count). The molecule has 0 spiro atoms. The first-order valence-electron chi connectivity index (χ1n) is 7.02. The van der Waals surface area contributed by atoms with Crippen molar-refractivity contribution < 1.29 is 4.79 Å². The van der Waals surface area contributed by atoms with E-state index in [9.17, 15) is 4.79 Å². The van der Waals surface area contributed by atoms with Gasteiger partial charge in [0.05, 0.1) is 4.91 Å². The van der Waals surface area contributed by atoms with E-state index < -0.39 is 0 Å². The Hall–Kier alpha value is -1.46. The number of amides is 1. The second kappa shape index (κ2) is 6.33. The second-order valence-electron chi connectivity index (χ2n) is 4.91. The number of piperazine rings is 1. The summed E-state index contributed by atoms with van der Waals surface area (Å²) in [5, 5.41) is 6.27. The van der Waals surface area contributed by atoms with Crippen LogP contribution >= 0.6 is 11.8 Å². The van der Waals surface area contributed by atoms with Crippen molar-refractivity contribution in [1.29, 1.82) is 0 Å². The second-order valence-corrected chi connectivity index (χ2v) is 6.05. The number of carbonyl (C=O) groups is 1. The van der Waals surface area contributed by atoms with Gasteiger partial charge >= 0.3 is 0 Å². The fourth-order valence-corrected chi connectivity index (χ4v) is 3.37. The van der Waals surface area contributed by atoms with Crippen molar-refractivity contribution >= 4 is 29.4 Å². The van der Waals surface area contributed by atoms with E-state index in [0.717, 1.165) is 48.9 Å². The van der Waals surface area contributed by atoms with Gasteiger partial charge in [0.25, 0.3) is 5.91 Å². The number of hydrogen-bond donors (Lipinski definition) is 2. The van der Waals surface area contributed by atoms with Gasteiger partial charge in [-0.15, -0.1) is 11.8 Å². The Morgan fingerprint density at radius 3 is 2.75 bits per heavy atom. The van der Waals surface area contributed by atoms with Gasteiger partial charge in [0, 0.05) is 44.2 Å². The van der Waals surface area contributed by atoms with Crippen molar-refractivity contribution in [2.75, 3.05) is 43.4 Å². The number of benzene rings is 1. The fraction of sp³-hybridized carbons (Fsp3) is 0.400. The minimum Gasteiger partial charge on any atom is -0.369 e. The molecule has 4 nitrogen and oxygen atoms in total. The molecular weight excluding hydrogens is 270 g/mol. The van der Waals surface area contributed by atoms with Gasteiger partial charge < -0.3 is 15.5 Å². The molecule has 1 amide bonds. The Morgan fingerprint density at radius 2 is 1.95 bits per heavy atom. The lowest BCUT2D eigenvalue weighted by Crippen LogP contribution is -2.43. The third-order valence-corrected chi connectivity index (χ3v) is 4.57. The number of nitrogens with zero attached hydrogens (tertiary/aromatic N) is 1. The van der Waals surface area contributed by atoms with Crippen LogP contribution in [0.5, 0.6) is 0 Å². The van der Waals surface area contributed by atoms with Crippen LogP contribution in [0, 0.1) is 0 Å². The molecular formula is C15H19N3OS. The van der Waals surface area contributed by atoms with Crippen LogP contribution in [0.1, 0.15) is 5.56 Å². The number of carbonyl (C=O) groups excluding carboxylic acids is 1. The van der Waals surface area contributed by atoms with Gasteiger partial charge in [-0.2, -0.15) is 0 Å². The molecule has 2 aliphatic rings. The van der Waals surface area contributed by atoms with E-state index in [1.807, 2.05) is 12.1 Å². The summed E-state index contributed by atoms with van der Waals surface area (Å²) in [7, 11) is 0. The summed E-state index contributed by atoms with van der Waals surface area (Å²) in [5.41, 5.74) is 2.36. The summed E-state index contributed by atoms with van der Waals surface area (Å²) in [4.78, 5) is 15.1. The van der Waals surface area contributed by atoms with Crippen LogP contribution in [0.4, 0.5) is 5.69 Å². The molecule has 0 aliphatic carbocycles. The largest absolute Gasteiger partial charge is 0.369 e. The molecule has 2 fully saturated rings. The molecule has 0 aromatic heterocycles. The Kier molecular flexibility index (Phi) is 4.28. The van der Waals surface area contributed by atoms with E-state index >= 15 is 0 Å². The monoisotopic (exact) mass is 289 g/mol. The quantitative estimate of drug-likeness (QED) is 0.806.